The molecule has 34 heavy (non-hydrogen) atoms. The number of amides is 1. The number of hydrogen-bond donors (Lipinski definition) is 1. The highest BCUT2D eigenvalue weighted by molar-refractivity contribution is 6.32. The number of non-ortho nitro benzene ring substituents is 1. The van der Waals surface area contributed by atoms with Crippen LogP contribution in [-0.2, 0) is 11.4 Å². The molecule has 0 heterocycles. The number of nitro benzene ring substituents is 1. The van der Waals surface area contributed by atoms with Gasteiger partial charge >= 0.3 is 0 Å². The summed E-state index contributed by atoms with van der Waals surface area (Å²) in [6.45, 7) is 0.112. The quantitative estimate of drug-likeness (QED) is 0.196. The lowest BCUT2D eigenvalue weighted by Gasteiger charge is -2.13. The summed E-state index contributed by atoms with van der Waals surface area (Å²) >= 11 is 6.35. The first kappa shape index (κ1) is 24.2. The minimum atomic E-state index is -0.755. The SMILES string of the molecule is COc1cc(/C=C(\C#N)C(=O)Nc2cccc([N+](=O)[O-])c2)cc(Cl)c1OCc1ccc(F)cc1. The number of nitriles is 1. The minimum Gasteiger partial charge on any atom is -0.493 e. The van der Waals surface area contributed by atoms with Gasteiger partial charge in [0.25, 0.3) is 11.6 Å². The highest BCUT2D eigenvalue weighted by atomic mass is 35.5. The second kappa shape index (κ2) is 10.9. The molecule has 10 heteroatoms. The monoisotopic (exact) mass is 481 g/mol. The Morgan fingerprint density at radius 1 is 1.24 bits per heavy atom. The van der Waals surface area contributed by atoms with Crippen LogP contribution in [0.25, 0.3) is 6.08 Å². The number of carbonyl (C=O) groups is 1. The zero-order valence-electron chi connectivity index (χ0n) is 17.7. The molecule has 0 spiro atoms. The average Bonchev–Trinajstić information content (AvgIpc) is 2.82. The van der Waals surface area contributed by atoms with Gasteiger partial charge in [-0.05, 0) is 47.5 Å². The lowest BCUT2D eigenvalue weighted by molar-refractivity contribution is -0.384. The number of rotatable bonds is 8. The van der Waals surface area contributed by atoms with Gasteiger partial charge in [0, 0.05) is 17.8 Å². The van der Waals surface area contributed by atoms with Crippen molar-refractivity contribution in [2.45, 2.75) is 6.61 Å². The summed E-state index contributed by atoms with van der Waals surface area (Å²) in [6.07, 6.45) is 1.30. The van der Waals surface area contributed by atoms with E-state index in [1.165, 1.54) is 61.7 Å². The Morgan fingerprint density at radius 3 is 2.62 bits per heavy atom. The van der Waals surface area contributed by atoms with Gasteiger partial charge in [0.2, 0.25) is 0 Å². The predicted octanol–water partition coefficient (Wildman–Crippen LogP) is 5.52. The van der Waals surface area contributed by atoms with E-state index < -0.39 is 10.8 Å². The molecule has 0 fully saturated rings. The van der Waals surface area contributed by atoms with Crippen molar-refractivity contribution in [1.82, 2.24) is 0 Å². The fourth-order valence-corrected chi connectivity index (χ4v) is 3.18. The van der Waals surface area contributed by atoms with Crippen molar-refractivity contribution >= 4 is 35.0 Å². The number of nitrogens with zero attached hydrogens (tertiary/aromatic N) is 2. The Morgan fingerprint density at radius 2 is 1.97 bits per heavy atom. The number of ether oxygens (including phenoxy) is 2. The van der Waals surface area contributed by atoms with Gasteiger partial charge in [-0.15, -0.1) is 0 Å². The van der Waals surface area contributed by atoms with Crippen molar-refractivity contribution in [2.24, 2.45) is 0 Å². The summed E-state index contributed by atoms with van der Waals surface area (Å²) in [5.41, 5.74) is 0.813. The van der Waals surface area contributed by atoms with Gasteiger partial charge in [0.1, 0.15) is 24.1 Å². The van der Waals surface area contributed by atoms with Gasteiger partial charge in [-0.1, -0.05) is 29.8 Å². The normalized spacial score (nSPS) is 10.8. The Balaban J connectivity index is 1.81. The molecule has 0 unspecified atom stereocenters. The molecule has 1 N–H and O–H groups in total. The van der Waals surface area contributed by atoms with Gasteiger partial charge < -0.3 is 14.8 Å². The first-order valence-corrected chi connectivity index (χ1v) is 10.1. The van der Waals surface area contributed by atoms with Crippen LogP contribution in [0.1, 0.15) is 11.1 Å². The molecule has 0 saturated carbocycles. The molecule has 0 saturated heterocycles. The maximum absolute atomic E-state index is 13.1. The molecule has 172 valence electrons. The Hall–Kier alpha value is -4.42. The second-order valence-electron chi connectivity index (χ2n) is 6.88. The molecular formula is C24H17ClFN3O5. The zero-order valence-corrected chi connectivity index (χ0v) is 18.5. The van der Waals surface area contributed by atoms with Crippen LogP contribution in [0, 0.1) is 27.3 Å². The summed E-state index contributed by atoms with van der Waals surface area (Å²) in [4.78, 5) is 22.8. The number of nitrogens with one attached hydrogen (secondary N) is 1. The van der Waals surface area contributed by atoms with Crippen molar-refractivity contribution in [1.29, 1.82) is 5.26 Å². The summed E-state index contributed by atoms with van der Waals surface area (Å²) < 4.78 is 24.1. The van der Waals surface area contributed by atoms with Gasteiger partial charge in [0.05, 0.1) is 17.1 Å². The van der Waals surface area contributed by atoms with Gasteiger partial charge in [0.15, 0.2) is 11.5 Å². The Labute approximate surface area is 198 Å². The van der Waals surface area contributed by atoms with Crippen LogP contribution in [0.3, 0.4) is 0 Å². The maximum atomic E-state index is 13.1. The van der Waals surface area contributed by atoms with E-state index in [1.54, 1.807) is 18.2 Å². The predicted molar refractivity (Wildman–Crippen MR) is 124 cm³/mol. The highest BCUT2D eigenvalue weighted by Crippen LogP contribution is 2.37. The topological polar surface area (TPSA) is 114 Å². The first-order valence-electron chi connectivity index (χ1n) is 9.73. The fourth-order valence-electron chi connectivity index (χ4n) is 2.91. The van der Waals surface area contributed by atoms with E-state index in [4.69, 9.17) is 21.1 Å². The number of nitro groups is 1. The lowest BCUT2D eigenvalue weighted by Crippen LogP contribution is -2.13. The number of methoxy groups -OCH3 is 1. The van der Waals surface area contributed by atoms with E-state index in [0.29, 0.717) is 11.1 Å². The summed E-state index contributed by atoms with van der Waals surface area (Å²) in [6, 6.07) is 15.9. The van der Waals surface area contributed by atoms with Gasteiger partial charge in [-0.2, -0.15) is 5.26 Å². The average molecular weight is 482 g/mol. The van der Waals surface area contributed by atoms with E-state index in [-0.39, 0.29) is 45.9 Å². The molecule has 0 aliphatic rings. The van der Waals surface area contributed by atoms with Crippen molar-refractivity contribution < 1.29 is 23.6 Å². The van der Waals surface area contributed by atoms with Gasteiger partial charge in [-0.25, -0.2) is 4.39 Å². The molecule has 3 aromatic rings. The lowest BCUT2D eigenvalue weighted by atomic mass is 10.1. The summed E-state index contributed by atoms with van der Waals surface area (Å²) in [7, 11) is 1.41. The van der Waals surface area contributed by atoms with E-state index >= 15 is 0 Å². The van der Waals surface area contributed by atoms with E-state index in [1.807, 2.05) is 0 Å². The molecule has 0 aliphatic heterocycles. The van der Waals surface area contributed by atoms with Crippen LogP contribution in [0.15, 0.2) is 66.2 Å². The number of anilines is 1. The summed E-state index contributed by atoms with van der Waals surface area (Å²) in [5.74, 6) is -0.615. The summed E-state index contributed by atoms with van der Waals surface area (Å²) in [5, 5.41) is 23.0. The van der Waals surface area contributed by atoms with Crippen LogP contribution in [0.4, 0.5) is 15.8 Å². The molecule has 3 rings (SSSR count). The van der Waals surface area contributed by atoms with Crippen LogP contribution in [-0.4, -0.2) is 17.9 Å². The molecule has 0 radical (unpaired) electrons. The zero-order chi connectivity index (χ0) is 24.7. The minimum absolute atomic E-state index is 0.112. The van der Waals surface area contributed by atoms with Gasteiger partial charge in [-0.3, -0.25) is 14.9 Å². The standard InChI is InChI=1S/C24H17ClFN3O5/c1-33-22-11-16(10-21(25)23(22)34-14-15-5-7-18(26)8-6-15)9-17(13-27)24(30)28-19-3-2-4-20(12-19)29(31)32/h2-12H,14H2,1H3,(H,28,30)/b17-9+. The molecule has 0 aromatic heterocycles. The van der Waals surface area contributed by atoms with Crippen LogP contribution in [0.5, 0.6) is 11.5 Å². The van der Waals surface area contributed by atoms with Crippen LogP contribution in [0.2, 0.25) is 5.02 Å². The smallest absolute Gasteiger partial charge is 0.271 e. The molecule has 1 amide bonds. The molecule has 3 aromatic carbocycles. The third kappa shape index (κ3) is 6.09. The first-order chi connectivity index (χ1) is 16.3. The third-order valence-corrected chi connectivity index (χ3v) is 4.82. The number of carbonyl (C=O) groups excluding carboxylic acids is 1. The van der Waals surface area contributed by atoms with Crippen LogP contribution < -0.4 is 14.8 Å². The number of halogens is 2. The molecule has 0 bridgehead atoms. The Bertz CT molecular complexity index is 1300. The van der Waals surface area contributed by atoms with Crippen LogP contribution >= 0.6 is 11.6 Å². The number of hydrogen-bond acceptors (Lipinski definition) is 6. The van der Waals surface area contributed by atoms with Crippen molar-refractivity contribution in [3.05, 3.63) is 98.3 Å². The van der Waals surface area contributed by atoms with Crippen molar-refractivity contribution in [2.75, 3.05) is 12.4 Å². The molecule has 0 atom stereocenters. The van der Waals surface area contributed by atoms with Crippen molar-refractivity contribution in [3.8, 4) is 17.6 Å². The fraction of sp³-hybridized carbons (Fsp3) is 0.0833. The Kier molecular flexibility index (Phi) is 7.79. The van der Waals surface area contributed by atoms with E-state index in [9.17, 15) is 24.6 Å². The highest BCUT2D eigenvalue weighted by Gasteiger charge is 2.15. The third-order valence-electron chi connectivity index (χ3n) is 4.54. The largest absolute Gasteiger partial charge is 0.493 e. The second-order valence-corrected chi connectivity index (χ2v) is 7.29. The molecular weight excluding hydrogens is 465 g/mol. The molecule has 0 aliphatic carbocycles. The van der Waals surface area contributed by atoms with Crippen molar-refractivity contribution in [3.63, 3.8) is 0 Å². The number of benzene rings is 3. The van der Waals surface area contributed by atoms with E-state index in [2.05, 4.69) is 5.32 Å². The maximum Gasteiger partial charge on any atom is 0.271 e. The molecule has 8 nitrogen and oxygen atoms in total. The van der Waals surface area contributed by atoms with E-state index in [0.717, 1.165) is 0 Å².